The van der Waals surface area contributed by atoms with Crippen molar-refractivity contribution in [1.29, 1.82) is 0 Å². The van der Waals surface area contributed by atoms with E-state index >= 15 is 0 Å². The molecule has 2 heterocycles. The molecule has 1 aliphatic rings. The van der Waals surface area contributed by atoms with Gasteiger partial charge in [-0.2, -0.15) is 0 Å². The smallest absolute Gasteiger partial charge is 0.335 e. The van der Waals surface area contributed by atoms with E-state index in [-0.39, 0.29) is 33.4 Å². The van der Waals surface area contributed by atoms with Gasteiger partial charge in [0.05, 0.1) is 16.3 Å². The number of carbonyl (C=O) groups is 4. The van der Waals surface area contributed by atoms with Crippen LogP contribution >= 0.6 is 23.2 Å². The van der Waals surface area contributed by atoms with Crippen LogP contribution in [0.3, 0.4) is 0 Å². The Hall–Kier alpha value is -3.88. The number of benzene rings is 2. The highest BCUT2D eigenvalue weighted by atomic mass is 35.5. The fraction of sp³-hybridized carbons (Fsp3) is 0.0435. The lowest BCUT2D eigenvalue weighted by molar-refractivity contribution is -0.122. The molecule has 0 spiro atoms. The minimum absolute atomic E-state index is 0.0125. The van der Waals surface area contributed by atoms with Crippen LogP contribution in [-0.4, -0.2) is 28.9 Å². The van der Waals surface area contributed by atoms with Crippen molar-refractivity contribution in [2.24, 2.45) is 0 Å². The highest BCUT2D eigenvalue weighted by Crippen LogP contribution is 2.32. The predicted molar refractivity (Wildman–Crippen MR) is 121 cm³/mol. The van der Waals surface area contributed by atoms with E-state index in [2.05, 4.69) is 5.32 Å². The van der Waals surface area contributed by atoms with E-state index in [1.165, 1.54) is 48.5 Å². The summed E-state index contributed by atoms with van der Waals surface area (Å²) in [5.74, 6) is -2.52. The zero-order chi connectivity index (χ0) is 23.9. The lowest BCUT2D eigenvalue weighted by Gasteiger charge is -2.26. The van der Waals surface area contributed by atoms with E-state index in [4.69, 9.17) is 27.6 Å². The number of carbonyl (C=O) groups excluding carboxylic acids is 3. The number of anilines is 1. The number of barbiturate groups is 1. The summed E-state index contributed by atoms with van der Waals surface area (Å²) in [5.41, 5.74) is 0.956. The number of hydrogen-bond acceptors (Lipinski definition) is 5. The Balaban J connectivity index is 1.70. The number of nitrogens with zero attached hydrogens (tertiary/aromatic N) is 1. The minimum atomic E-state index is -1.13. The first-order valence-corrected chi connectivity index (χ1v) is 10.2. The molecular weight excluding hydrogens is 471 g/mol. The molecule has 0 aliphatic carbocycles. The number of halogens is 2. The summed E-state index contributed by atoms with van der Waals surface area (Å²) in [6.45, 7) is 1.77. The normalized spacial score (nSPS) is 15.2. The van der Waals surface area contributed by atoms with Crippen molar-refractivity contribution in [1.82, 2.24) is 5.32 Å². The number of hydrogen-bond donors (Lipinski definition) is 2. The first-order chi connectivity index (χ1) is 15.7. The number of nitrogens with one attached hydrogen (secondary N) is 1. The van der Waals surface area contributed by atoms with Crippen molar-refractivity contribution in [3.8, 4) is 11.3 Å². The molecule has 0 atom stereocenters. The average molecular weight is 485 g/mol. The number of aryl methyl sites for hydroxylation is 1. The second-order valence-electron chi connectivity index (χ2n) is 7.09. The van der Waals surface area contributed by atoms with Gasteiger partial charge in [0.25, 0.3) is 11.8 Å². The largest absolute Gasteiger partial charge is 0.478 e. The maximum Gasteiger partial charge on any atom is 0.335 e. The quantitative estimate of drug-likeness (QED) is 0.400. The van der Waals surface area contributed by atoms with Crippen LogP contribution in [0.4, 0.5) is 10.5 Å². The molecule has 8 nitrogen and oxygen atoms in total. The van der Waals surface area contributed by atoms with Gasteiger partial charge in [-0.3, -0.25) is 14.9 Å². The van der Waals surface area contributed by atoms with Crippen LogP contribution in [0.5, 0.6) is 0 Å². The fourth-order valence-electron chi connectivity index (χ4n) is 3.18. The molecular formula is C23H14Cl2N2O6. The number of carboxylic acids is 1. The topological polar surface area (TPSA) is 117 Å². The molecule has 3 aromatic rings. The zero-order valence-electron chi connectivity index (χ0n) is 16.9. The van der Waals surface area contributed by atoms with E-state index in [0.717, 1.165) is 10.5 Å². The van der Waals surface area contributed by atoms with Gasteiger partial charge < -0.3 is 9.52 Å². The lowest BCUT2D eigenvalue weighted by Crippen LogP contribution is -2.54. The molecule has 4 amide bonds. The summed E-state index contributed by atoms with van der Waals surface area (Å²) in [5, 5.41) is 11.9. The average Bonchev–Trinajstić information content (AvgIpc) is 3.22. The van der Waals surface area contributed by atoms with Crippen LogP contribution in [0.15, 0.2) is 58.5 Å². The molecule has 4 rings (SSSR count). The standard InChI is InChI=1S/C23H14Cl2N2O6/c1-11-2-4-13(9-18(11)25)27-21(29)16(20(28)26-23(27)32)10-14-5-7-19(33-14)15-8-12(22(30)31)3-6-17(15)24/h2-10H,1H3,(H,30,31)(H,26,28,32). The van der Waals surface area contributed by atoms with E-state index in [0.29, 0.717) is 10.6 Å². The van der Waals surface area contributed by atoms with Crippen LogP contribution in [0.25, 0.3) is 17.4 Å². The molecule has 0 radical (unpaired) electrons. The van der Waals surface area contributed by atoms with Gasteiger partial charge in [0.2, 0.25) is 0 Å². The third-order valence-electron chi connectivity index (χ3n) is 4.91. The summed E-state index contributed by atoms with van der Waals surface area (Å²) in [6, 6.07) is 10.9. The third kappa shape index (κ3) is 4.26. The number of furan rings is 1. The number of carboxylic acid groups (broad SMARTS) is 1. The van der Waals surface area contributed by atoms with E-state index < -0.39 is 23.8 Å². The van der Waals surface area contributed by atoms with Gasteiger partial charge >= 0.3 is 12.0 Å². The maximum absolute atomic E-state index is 13.0. The van der Waals surface area contributed by atoms with Crippen molar-refractivity contribution in [3.05, 3.63) is 81.0 Å². The first kappa shape index (κ1) is 22.3. The molecule has 1 aliphatic heterocycles. The molecule has 1 saturated heterocycles. The molecule has 2 aromatic carbocycles. The Morgan fingerprint density at radius 3 is 2.48 bits per heavy atom. The lowest BCUT2D eigenvalue weighted by atomic mass is 10.1. The molecule has 10 heteroatoms. The van der Waals surface area contributed by atoms with Gasteiger partial charge in [-0.1, -0.05) is 29.3 Å². The van der Waals surface area contributed by atoms with Gasteiger partial charge in [0, 0.05) is 10.6 Å². The monoisotopic (exact) mass is 484 g/mol. The molecule has 33 heavy (non-hydrogen) atoms. The fourth-order valence-corrected chi connectivity index (χ4v) is 3.56. The SMILES string of the molecule is Cc1ccc(N2C(=O)NC(=O)C(=Cc3ccc(-c4cc(C(=O)O)ccc4Cl)o3)C2=O)cc1Cl. The molecule has 0 unspecified atom stereocenters. The third-order valence-corrected chi connectivity index (χ3v) is 5.64. The summed E-state index contributed by atoms with van der Waals surface area (Å²) in [4.78, 5) is 49.8. The first-order valence-electron chi connectivity index (χ1n) is 9.46. The number of rotatable bonds is 4. The van der Waals surface area contributed by atoms with Crippen molar-refractivity contribution in [2.45, 2.75) is 6.92 Å². The Bertz CT molecular complexity index is 1380. The molecule has 1 aromatic heterocycles. The minimum Gasteiger partial charge on any atom is -0.478 e. The maximum atomic E-state index is 13.0. The van der Waals surface area contributed by atoms with Crippen molar-refractivity contribution in [3.63, 3.8) is 0 Å². The summed E-state index contributed by atoms with van der Waals surface area (Å²) in [7, 11) is 0. The molecule has 0 saturated carbocycles. The molecule has 1 fully saturated rings. The Morgan fingerprint density at radius 2 is 1.79 bits per heavy atom. The van der Waals surface area contributed by atoms with Crippen LogP contribution in [0.1, 0.15) is 21.7 Å². The van der Waals surface area contributed by atoms with Gasteiger partial charge in [-0.05, 0) is 61.0 Å². The van der Waals surface area contributed by atoms with Gasteiger partial charge in [0.1, 0.15) is 17.1 Å². The summed E-state index contributed by atoms with van der Waals surface area (Å²) in [6.07, 6.45) is 1.19. The van der Waals surface area contributed by atoms with E-state index in [1.807, 2.05) is 0 Å². The van der Waals surface area contributed by atoms with E-state index in [9.17, 15) is 24.3 Å². The predicted octanol–water partition coefficient (Wildman–Crippen LogP) is 4.93. The van der Waals surface area contributed by atoms with Crippen molar-refractivity contribution >= 4 is 58.8 Å². The molecule has 2 N–H and O–H groups in total. The number of imide groups is 2. The van der Waals surface area contributed by atoms with Crippen LogP contribution in [0.2, 0.25) is 10.0 Å². The van der Waals surface area contributed by atoms with Crippen LogP contribution in [0, 0.1) is 6.92 Å². The van der Waals surface area contributed by atoms with E-state index in [1.54, 1.807) is 13.0 Å². The number of aromatic carboxylic acids is 1. The second kappa shape index (κ2) is 8.57. The van der Waals surface area contributed by atoms with Crippen molar-refractivity contribution in [2.75, 3.05) is 4.90 Å². The van der Waals surface area contributed by atoms with Gasteiger partial charge in [0.15, 0.2) is 0 Å². The van der Waals surface area contributed by atoms with Crippen molar-refractivity contribution < 1.29 is 28.7 Å². The summed E-state index contributed by atoms with van der Waals surface area (Å²) < 4.78 is 5.68. The molecule has 0 bridgehead atoms. The second-order valence-corrected chi connectivity index (χ2v) is 7.91. The van der Waals surface area contributed by atoms with Crippen LogP contribution < -0.4 is 10.2 Å². The van der Waals surface area contributed by atoms with Crippen LogP contribution in [-0.2, 0) is 9.59 Å². The zero-order valence-corrected chi connectivity index (χ0v) is 18.4. The Kier molecular flexibility index (Phi) is 5.80. The summed E-state index contributed by atoms with van der Waals surface area (Å²) >= 11 is 12.3. The Morgan fingerprint density at radius 1 is 1.03 bits per heavy atom. The van der Waals surface area contributed by atoms with Gasteiger partial charge in [-0.15, -0.1) is 0 Å². The molecule has 166 valence electrons. The number of amides is 4. The highest BCUT2D eigenvalue weighted by molar-refractivity contribution is 6.39. The highest BCUT2D eigenvalue weighted by Gasteiger charge is 2.37. The van der Waals surface area contributed by atoms with Gasteiger partial charge in [-0.25, -0.2) is 14.5 Å². The Labute approximate surface area is 197 Å². The number of urea groups is 1.